The number of sulfonamides is 1. The third-order valence-electron chi connectivity index (χ3n) is 2.02. The topological polar surface area (TPSA) is 84.5 Å². The van der Waals surface area contributed by atoms with E-state index in [9.17, 15) is 13.2 Å². The first kappa shape index (κ1) is 16.3. The van der Waals surface area contributed by atoms with Crippen molar-refractivity contribution in [1.82, 2.24) is 10.0 Å². The maximum absolute atomic E-state index is 11.5. The van der Waals surface area contributed by atoms with Gasteiger partial charge in [0.2, 0.25) is 10.0 Å². The van der Waals surface area contributed by atoms with Crippen LogP contribution in [-0.2, 0) is 19.6 Å². The van der Waals surface area contributed by atoms with Gasteiger partial charge in [0.05, 0.1) is 12.9 Å². The van der Waals surface area contributed by atoms with Crippen LogP contribution < -0.4 is 10.0 Å². The molecule has 2 N–H and O–H groups in total. The first-order valence-electron chi connectivity index (χ1n) is 5.65. The van der Waals surface area contributed by atoms with Crippen LogP contribution in [0.15, 0.2) is 0 Å². The van der Waals surface area contributed by atoms with Crippen LogP contribution in [0.4, 0.5) is 0 Å². The minimum Gasteiger partial charge on any atom is -0.469 e. The molecule has 17 heavy (non-hydrogen) atoms. The van der Waals surface area contributed by atoms with Crippen LogP contribution in [0.5, 0.6) is 0 Å². The molecule has 0 fully saturated rings. The summed E-state index contributed by atoms with van der Waals surface area (Å²) in [7, 11) is -2.00. The molecule has 0 radical (unpaired) electrons. The lowest BCUT2D eigenvalue weighted by molar-refractivity contribution is -0.140. The summed E-state index contributed by atoms with van der Waals surface area (Å²) in [6.07, 6.45) is 0.404. The van der Waals surface area contributed by atoms with Gasteiger partial charge >= 0.3 is 5.97 Å². The van der Waals surface area contributed by atoms with Crippen molar-refractivity contribution in [1.29, 1.82) is 0 Å². The van der Waals surface area contributed by atoms with Crippen molar-refractivity contribution < 1.29 is 17.9 Å². The number of carbonyl (C=O) groups is 1. The van der Waals surface area contributed by atoms with Crippen LogP contribution in [0.1, 0.15) is 26.7 Å². The zero-order valence-corrected chi connectivity index (χ0v) is 11.5. The van der Waals surface area contributed by atoms with Crippen LogP contribution in [-0.4, -0.2) is 46.4 Å². The second-order valence-electron chi connectivity index (χ2n) is 4.00. The molecule has 0 heterocycles. The summed E-state index contributed by atoms with van der Waals surface area (Å²) >= 11 is 0. The van der Waals surface area contributed by atoms with E-state index in [-0.39, 0.29) is 24.6 Å². The summed E-state index contributed by atoms with van der Waals surface area (Å²) in [6, 6.07) is 0.332. The van der Waals surface area contributed by atoms with Gasteiger partial charge in [0.1, 0.15) is 0 Å². The highest BCUT2D eigenvalue weighted by Gasteiger charge is 2.10. The second-order valence-corrected chi connectivity index (χ2v) is 5.93. The Bertz CT molecular complexity index is 314. The van der Waals surface area contributed by atoms with E-state index in [0.29, 0.717) is 19.1 Å². The molecule has 0 aromatic rings. The Labute approximate surface area is 103 Å². The van der Waals surface area contributed by atoms with Crippen LogP contribution in [0.3, 0.4) is 0 Å². The molecular weight excluding hydrogens is 244 g/mol. The highest BCUT2D eigenvalue weighted by atomic mass is 32.2. The number of methoxy groups -OCH3 is 1. The lowest BCUT2D eigenvalue weighted by Crippen LogP contribution is -2.35. The van der Waals surface area contributed by atoms with Crippen molar-refractivity contribution >= 4 is 16.0 Å². The summed E-state index contributed by atoms with van der Waals surface area (Å²) in [5.41, 5.74) is 0. The number of ether oxygens (including phenoxy) is 1. The fourth-order valence-corrected chi connectivity index (χ4v) is 2.23. The first-order chi connectivity index (χ1) is 7.87. The Morgan fingerprint density at radius 2 is 1.94 bits per heavy atom. The van der Waals surface area contributed by atoms with Gasteiger partial charge in [-0.2, -0.15) is 0 Å². The molecule has 7 heteroatoms. The Kier molecular flexibility index (Phi) is 8.11. The van der Waals surface area contributed by atoms with Crippen molar-refractivity contribution in [2.45, 2.75) is 32.7 Å². The maximum atomic E-state index is 11.5. The summed E-state index contributed by atoms with van der Waals surface area (Å²) in [4.78, 5) is 10.8. The van der Waals surface area contributed by atoms with E-state index in [1.807, 2.05) is 13.8 Å². The van der Waals surface area contributed by atoms with Gasteiger partial charge in [0.15, 0.2) is 0 Å². The van der Waals surface area contributed by atoms with Gasteiger partial charge in [0.25, 0.3) is 0 Å². The zero-order valence-electron chi connectivity index (χ0n) is 10.7. The predicted molar refractivity (Wildman–Crippen MR) is 66.2 cm³/mol. The molecule has 6 nitrogen and oxygen atoms in total. The van der Waals surface area contributed by atoms with Crippen LogP contribution in [0, 0.1) is 0 Å². The predicted octanol–water partition coefficient (Wildman–Crippen LogP) is -0.143. The molecule has 0 bridgehead atoms. The van der Waals surface area contributed by atoms with Gasteiger partial charge in [-0.1, -0.05) is 13.8 Å². The van der Waals surface area contributed by atoms with E-state index in [2.05, 4.69) is 14.8 Å². The number of esters is 1. The van der Waals surface area contributed by atoms with E-state index in [0.717, 1.165) is 0 Å². The standard InChI is InChI=1S/C10H22N2O4S/c1-9(2)11-6-7-12-17(14,15)8-4-5-10(13)16-3/h9,11-12H,4-8H2,1-3H3. The van der Waals surface area contributed by atoms with E-state index < -0.39 is 10.0 Å². The third-order valence-corrected chi connectivity index (χ3v) is 3.49. The monoisotopic (exact) mass is 266 g/mol. The molecule has 0 saturated heterocycles. The molecule has 0 amide bonds. The minimum absolute atomic E-state index is 0.0518. The molecule has 0 rings (SSSR count). The van der Waals surface area contributed by atoms with Gasteiger partial charge in [-0.05, 0) is 6.42 Å². The van der Waals surface area contributed by atoms with Crippen molar-refractivity contribution in [2.24, 2.45) is 0 Å². The molecule has 0 spiro atoms. The number of hydrogen-bond donors (Lipinski definition) is 2. The quantitative estimate of drug-likeness (QED) is 0.448. The van der Waals surface area contributed by atoms with Crippen molar-refractivity contribution in [3.63, 3.8) is 0 Å². The molecule has 0 aliphatic carbocycles. The fourth-order valence-electron chi connectivity index (χ4n) is 1.15. The molecule has 0 aromatic heterocycles. The normalized spacial score (nSPS) is 11.8. The van der Waals surface area contributed by atoms with Crippen LogP contribution >= 0.6 is 0 Å². The van der Waals surface area contributed by atoms with Gasteiger partial charge in [-0.3, -0.25) is 4.79 Å². The Balaban J connectivity index is 3.70. The minimum atomic E-state index is -3.28. The number of rotatable bonds is 9. The number of hydrogen-bond acceptors (Lipinski definition) is 5. The summed E-state index contributed by atoms with van der Waals surface area (Å²) in [5, 5.41) is 3.10. The Morgan fingerprint density at radius 1 is 1.29 bits per heavy atom. The molecule has 0 atom stereocenters. The second kappa shape index (κ2) is 8.43. The third kappa shape index (κ3) is 10.2. The largest absolute Gasteiger partial charge is 0.469 e. The molecule has 0 aromatic carbocycles. The lowest BCUT2D eigenvalue weighted by Gasteiger charge is -2.09. The first-order valence-corrected chi connectivity index (χ1v) is 7.30. The summed E-state index contributed by atoms with van der Waals surface area (Å²) in [5.74, 6) is -0.439. The van der Waals surface area contributed by atoms with Crippen molar-refractivity contribution in [3.05, 3.63) is 0 Å². The summed E-state index contributed by atoms with van der Waals surface area (Å²) < 4.78 is 29.8. The van der Waals surface area contributed by atoms with Crippen LogP contribution in [0.2, 0.25) is 0 Å². The van der Waals surface area contributed by atoms with E-state index in [1.54, 1.807) is 0 Å². The highest BCUT2D eigenvalue weighted by Crippen LogP contribution is 1.96. The molecule has 0 aliphatic rings. The number of nitrogens with one attached hydrogen (secondary N) is 2. The fraction of sp³-hybridized carbons (Fsp3) is 0.900. The Hall–Kier alpha value is -0.660. The smallest absolute Gasteiger partial charge is 0.305 e. The van der Waals surface area contributed by atoms with E-state index >= 15 is 0 Å². The van der Waals surface area contributed by atoms with E-state index in [1.165, 1.54) is 7.11 Å². The van der Waals surface area contributed by atoms with Crippen molar-refractivity contribution in [3.8, 4) is 0 Å². The number of carbonyl (C=O) groups excluding carboxylic acids is 1. The lowest BCUT2D eigenvalue weighted by atomic mass is 10.3. The maximum Gasteiger partial charge on any atom is 0.305 e. The van der Waals surface area contributed by atoms with Gasteiger partial charge in [-0.25, -0.2) is 13.1 Å². The Morgan fingerprint density at radius 3 is 2.47 bits per heavy atom. The summed E-state index contributed by atoms with van der Waals surface area (Å²) in [6.45, 7) is 4.93. The van der Waals surface area contributed by atoms with Crippen LogP contribution in [0.25, 0.3) is 0 Å². The molecule has 102 valence electrons. The van der Waals surface area contributed by atoms with Gasteiger partial charge in [-0.15, -0.1) is 0 Å². The molecule has 0 unspecified atom stereocenters. The van der Waals surface area contributed by atoms with E-state index in [4.69, 9.17) is 0 Å². The van der Waals surface area contributed by atoms with Crippen molar-refractivity contribution in [2.75, 3.05) is 26.0 Å². The van der Waals surface area contributed by atoms with Gasteiger partial charge in [0, 0.05) is 25.6 Å². The molecule has 0 saturated carbocycles. The highest BCUT2D eigenvalue weighted by molar-refractivity contribution is 7.89. The van der Waals surface area contributed by atoms with Gasteiger partial charge < -0.3 is 10.1 Å². The molecule has 0 aliphatic heterocycles. The average molecular weight is 266 g/mol. The SMILES string of the molecule is COC(=O)CCCS(=O)(=O)NCCNC(C)C. The zero-order chi connectivity index (χ0) is 13.3. The average Bonchev–Trinajstić information content (AvgIpc) is 2.23. The molecular formula is C10H22N2O4S.